The lowest BCUT2D eigenvalue weighted by molar-refractivity contribution is -0.125. The molecule has 1 aliphatic heterocycles. The molecule has 0 atom stereocenters. The summed E-state index contributed by atoms with van der Waals surface area (Å²) >= 11 is 6.50. The highest BCUT2D eigenvalue weighted by Crippen LogP contribution is 2.40. The van der Waals surface area contributed by atoms with E-state index < -0.39 is 5.41 Å². The minimum atomic E-state index is -0.719. The Kier molecular flexibility index (Phi) is 6.49. The Morgan fingerprint density at radius 2 is 1.83 bits per heavy atom. The van der Waals surface area contributed by atoms with E-state index in [0.29, 0.717) is 48.3 Å². The molecule has 0 unspecified atom stereocenters. The average molecular weight is 430 g/mol. The first kappa shape index (κ1) is 21.0. The van der Waals surface area contributed by atoms with Gasteiger partial charge in [0.1, 0.15) is 0 Å². The van der Waals surface area contributed by atoms with E-state index >= 15 is 0 Å². The zero-order valence-corrected chi connectivity index (χ0v) is 18.0. The number of anilines is 1. The molecule has 1 aliphatic carbocycles. The van der Waals surface area contributed by atoms with Crippen LogP contribution in [0.15, 0.2) is 42.5 Å². The highest BCUT2D eigenvalue weighted by atomic mass is 35.5. The molecular weight excluding hydrogens is 402 g/mol. The molecule has 1 saturated heterocycles. The van der Waals surface area contributed by atoms with Crippen molar-refractivity contribution in [2.45, 2.75) is 50.0 Å². The summed E-state index contributed by atoms with van der Waals surface area (Å²) in [5.41, 5.74) is 0.818. The highest BCUT2D eigenvalue weighted by Gasteiger charge is 2.43. The van der Waals surface area contributed by atoms with Crippen LogP contribution in [0.5, 0.6) is 11.5 Å². The fourth-order valence-corrected chi connectivity index (χ4v) is 4.79. The van der Waals surface area contributed by atoms with E-state index in [1.807, 2.05) is 42.5 Å². The van der Waals surface area contributed by atoms with Crippen molar-refractivity contribution in [2.24, 2.45) is 0 Å². The predicted octanol–water partition coefficient (Wildman–Crippen LogP) is 5.36. The van der Waals surface area contributed by atoms with Crippen molar-refractivity contribution in [1.82, 2.24) is 0 Å². The molecule has 0 spiro atoms. The van der Waals surface area contributed by atoms with E-state index in [2.05, 4.69) is 5.32 Å². The Hall–Kier alpha value is -2.24. The van der Waals surface area contributed by atoms with Crippen LogP contribution in [0.1, 0.15) is 44.1 Å². The lowest BCUT2D eigenvalue weighted by atomic mass is 9.73. The van der Waals surface area contributed by atoms with Crippen molar-refractivity contribution in [1.29, 1.82) is 0 Å². The summed E-state index contributed by atoms with van der Waals surface area (Å²) in [7, 11) is 1.63. The summed E-state index contributed by atoms with van der Waals surface area (Å²) in [6, 6.07) is 13.1. The number of methoxy groups -OCH3 is 1. The zero-order chi connectivity index (χ0) is 21.0. The van der Waals surface area contributed by atoms with Gasteiger partial charge in [0, 0.05) is 30.0 Å². The Morgan fingerprint density at radius 1 is 1.10 bits per heavy atom. The first-order valence-corrected chi connectivity index (χ1v) is 11.0. The van der Waals surface area contributed by atoms with Crippen LogP contribution in [-0.4, -0.2) is 32.3 Å². The van der Waals surface area contributed by atoms with E-state index in [0.717, 1.165) is 18.4 Å². The summed E-state index contributed by atoms with van der Waals surface area (Å²) < 4.78 is 17.2. The maximum atomic E-state index is 13.6. The van der Waals surface area contributed by atoms with E-state index in [4.69, 9.17) is 25.8 Å². The molecule has 0 radical (unpaired) electrons. The molecule has 4 rings (SSSR count). The summed E-state index contributed by atoms with van der Waals surface area (Å²) in [5, 5.41) is 3.71. The minimum Gasteiger partial charge on any atom is -0.493 e. The zero-order valence-electron chi connectivity index (χ0n) is 17.3. The Balaban J connectivity index is 1.60. The van der Waals surface area contributed by atoms with Crippen LogP contribution < -0.4 is 14.8 Å². The summed E-state index contributed by atoms with van der Waals surface area (Å²) in [6.07, 6.45) is 5.85. The maximum absolute atomic E-state index is 13.6. The highest BCUT2D eigenvalue weighted by molar-refractivity contribution is 6.31. The van der Waals surface area contributed by atoms with Gasteiger partial charge in [0.25, 0.3) is 0 Å². The third-order valence-electron chi connectivity index (χ3n) is 6.19. The maximum Gasteiger partial charge on any atom is 0.235 e. The number of halogens is 1. The largest absolute Gasteiger partial charge is 0.493 e. The summed E-state index contributed by atoms with van der Waals surface area (Å²) in [6.45, 7) is 1.05. The Bertz CT molecular complexity index is 889. The van der Waals surface area contributed by atoms with E-state index in [1.165, 1.54) is 12.8 Å². The van der Waals surface area contributed by atoms with Crippen molar-refractivity contribution in [3.05, 3.63) is 53.1 Å². The van der Waals surface area contributed by atoms with Crippen LogP contribution in [0.2, 0.25) is 5.02 Å². The van der Waals surface area contributed by atoms with Crippen LogP contribution in [0.3, 0.4) is 0 Å². The van der Waals surface area contributed by atoms with Gasteiger partial charge >= 0.3 is 0 Å². The predicted molar refractivity (Wildman–Crippen MR) is 118 cm³/mol. The number of ether oxygens (including phenoxy) is 3. The first-order chi connectivity index (χ1) is 14.6. The molecule has 2 fully saturated rings. The quantitative estimate of drug-likeness (QED) is 0.671. The SMILES string of the molecule is COc1ccc(NC(=O)C2(c3ccccc3Cl)CCOCC2)cc1OC1CCCC1. The van der Waals surface area contributed by atoms with E-state index in [1.54, 1.807) is 7.11 Å². The molecule has 160 valence electrons. The number of hydrogen-bond acceptors (Lipinski definition) is 4. The molecule has 5 nitrogen and oxygen atoms in total. The molecule has 30 heavy (non-hydrogen) atoms. The van der Waals surface area contributed by atoms with Gasteiger partial charge in [-0.05, 0) is 62.3 Å². The fourth-order valence-electron chi connectivity index (χ4n) is 4.47. The van der Waals surface area contributed by atoms with Gasteiger partial charge in [-0.15, -0.1) is 0 Å². The third-order valence-corrected chi connectivity index (χ3v) is 6.52. The number of rotatable bonds is 6. The van der Waals surface area contributed by atoms with Gasteiger partial charge in [0.15, 0.2) is 11.5 Å². The molecule has 1 heterocycles. The molecule has 2 aromatic rings. The second-order valence-corrected chi connectivity index (χ2v) is 8.43. The second kappa shape index (κ2) is 9.27. The molecule has 0 bridgehead atoms. The fraction of sp³-hybridized carbons (Fsp3) is 0.458. The average Bonchev–Trinajstić information content (AvgIpc) is 3.28. The molecule has 2 aliphatic rings. The number of benzene rings is 2. The molecule has 0 aromatic heterocycles. The van der Waals surface area contributed by atoms with Crippen molar-refractivity contribution >= 4 is 23.2 Å². The lowest BCUT2D eigenvalue weighted by Crippen LogP contribution is -2.45. The molecule has 2 aromatic carbocycles. The Labute approximate surface area is 182 Å². The van der Waals surface area contributed by atoms with Gasteiger partial charge < -0.3 is 19.5 Å². The van der Waals surface area contributed by atoms with Gasteiger partial charge in [-0.25, -0.2) is 0 Å². The van der Waals surface area contributed by atoms with Gasteiger partial charge in [0.05, 0.1) is 18.6 Å². The number of carbonyl (C=O) groups is 1. The van der Waals surface area contributed by atoms with Crippen LogP contribution in [0.25, 0.3) is 0 Å². The number of amides is 1. The van der Waals surface area contributed by atoms with Crippen LogP contribution in [-0.2, 0) is 14.9 Å². The van der Waals surface area contributed by atoms with Gasteiger partial charge in [-0.1, -0.05) is 29.8 Å². The van der Waals surface area contributed by atoms with Gasteiger partial charge in [-0.3, -0.25) is 4.79 Å². The van der Waals surface area contributed by atoms with Crippen LogP contribution in [0, 0.1) is 0 Å². The lowest BCUT2D eigenvalue weighted by Gasteiger charge is -2.36. The van der Waals surface area contributed by atoms with Crippen molar-refractivity contribution in [2.75, 3.05) is 25.6 Å². The van der Waals surface area contributed by atoms with Crippen molar-refractivity contribution < 1.29 is 19.0 Å². The van der Waals surface area contributed by atoms with Crippen LogP contribution >= 0.6 is 11.6 Å². The molecular formula is C24H28ClNO4. The number of nitrogens with one attached hydrogen (secondary N) is 1. The first-order valence-electron chi connectivity index (χ1n) is 10.6. The smallest absolute Gasteiger partial charge is 0.235 e. The normalized spacial score (nSPS) is 18.7. The minimum absolute atomic E-state index is 0.0733. The molecule has 1 saturated carbocycles. The van der Waals surface area contributed by atoms with Crippen molar-refractivity contribution in [3.63, 3.8) is 0 Å². The van der Waals surface area contributed by atoms with E-state index in [9.17, 15) is 4.79 Å². The summed E-state index contributed by atoms with van der Waals surface area (Å²) in [5.74, 6) is 1.27. The summed E-state index contributed by atoms with van der Waals surface area (Å²) in [4.78, 5) is 13.6. The molecule has 6 heteroatoms. The monoisotopic (exact) mass is 429 g/mol. The number of carbonyl (C=O) groups excluding carboxylic acids is 1. The van der Waals surface area contributed by atoms with Gasteiger partial charge in [-0.2, -0.15) is 0 Å². The Morgan fingerprint density at radius 3 is 2.53 bits per heavy atom. The standard InChI is InChI=1S/C24H28ClNO4/c1-28-21-11-10-17(16-22(21)30-18-6-2-3-7-18)26-23(27)24(12-14-29-15-13-24)19-8-4-5-9-20(19)25/h4-5,8-11,16,18H,2-3,6-7,12-15H2,1H3,(H,26,27). The third kappa shape index (κ3) is 4.28. The van der Waals surface area contributed by atoms with Crippen molar-refractivity contribution in [3.8, 4) is 11.5 Å². The second-order valence-electron chi connectivity index (χ2n) is 8.02. The van der Waals surface area contributed by atoms with E-state index in [-0.39, 0.29) is 12.0 Å². The molecule has 1 N–H and O–H groups in total. The molecule has 1 amide bonds. The number of hydrogen-bond donors (Lipinski definition) is 1. The topological polar surface area (TPSA) is 56.8 Å². The van der Waals surface area contributed by atoms with Crippen LogP contribution in [0.4, 0.5) is 5.69 Å². The van der Waals surface area contributed by atoms with Gasteiger partial charge in [0.2, 0.25) is 5.91 Å².